The zero-order chi connectivity index (χ0) is 29.3. The Morgan fingerprint density at radius 1 is 0.364 bits per heavy atom. The number of aromatic amines is 2. The summed E-state index contributed by atoms with van der Waals surface area (Å²) < 4.78 is 11.9. The molecule has 0 unspecified atom stereocenters. The zero-order valence-electron chi connectivity index (χ0n) is 23.6. The summed E-state index contributed by atoms with van der Waals surface area (Å²) in [6.07, 6.45) is 0. The fourth-order valence-electron chi connectivity index (χ4n) is 5.26. The number of hydrogen-bond acceptors (Lipinski definition) is 4. The number of hydrogen-bond donors (Lipinski definition) is 2. The number of H-pyrrole nitrogens is 2. The minimum atomic E-state index is 0.782. The van der Waals surface area contributed by atoms with Crippen LogP contribution in [0.15, 0.2) is 146 Å². The van der Waals surface area contributed by atoms with Gasteiger partial charge in [0.05, 0.1) is 22.1 Å². The first-order valence-corrected chi connectivity index (χ1v) is 14.4. The number of rotatable bonds is 7. The Bertz CT molecular complexity index is 2040. The number of para-hydroxylation sites is 2. The molecule has 6 heteroatoms. The molecule has 0 aliphatic rings. The van der Waals surface area contributed by atoms with E-state index in [0.717, 1.165) is 79.0 Å². The van der Waals surface area contributed by atoms with Crippen molar-refractivity contribution in [1.82, 2.24) is 19.9 Å². The number of ether oxygens (including phenoxy) is 2. The predicted octanol–water partition coefficient (Wildman–Crippen LogP) is 10.0. The van der Waals surface area contributed by atoms with Gasteiger partial charge >= 0.3 is 0 Å². The molecule has 210 valence electrons. The molecule has 8 aromatic rings. The van der Waals surface area contributed by atoms with Gasteiger partial charge in [0.2, 0.25) is 0 Å². The molecule has 0 saturated heterocycles. The summed E-state index contributed by atoms with van der Waals surface area (Å²) >= 11 is 0. The van der Waals surface area contributed by atoms with Gasteiger partial charge in [-0.05, 0) is 108 Å². The Morgan fingerprint density at radius 3 is 1.14 bits per heavy atom. The Balaban J connectivity index is 1.02. The molecule has 0 aliphatic heterocycles. The highest BCUT2D eigenvalue weighted by Crippen LogP contribution is 2.31. The molecule has 6 aromatic carbocycles. The maximum atomic E-state index is 5.93. The quantitative estimate of drug-likeness (QED) is 0.200. The monoisotopic (exact) mass is 570 g/mol. The van der Waals surface area contributed by atoms with E-state index in [4.69, 9.17) is 19.4 Å². The molecule has 0 radical (unpaired) electrons. The van der Waals surface area contributed by atoms with Crippen LogP contribution in [0.1, 0.15) is 0 Å². The highest BCUT2D eigenvalue weighted by atomic mass is 16.5. The van der Waals surface area contributed by atoms with Crippen LogP contribution in [0.4, 0.5) is 0 Å². The summed E-state index contributed by atoms with van der Waals surface area (Å²) in [5.41, 5.74) is 7.92. The molecular formula is C38H26N4O2. The van der Waals surface area contributed by atoms with E-state index < -0.39 is 0 Å². The molecule has 0 bridgehead atoms. The molecule has 44 heavy (non-hydrogen) atoms. The standard InChI is InChI=1S/C38H26N4O2/c1-3-7-29(8-4-1)43-31-17-11-25(12-18-31)37-39-33-21-15-27(23-35(33)41-37)28-16-22-34-36(24-28)42-38(40-34)26-13-19-32(20-14-26)44-30-9-5-2-6-10-30/h1-24H,(H,39,41)(H,40,42). The Hall–Kier alpha value is -6.14. The zero-order valence-corrected chi connectivity index (χ0v) is 23.6. The van der Waals surface area contributed by atoms with Gasteiger partial charge in [-0.15, -0.1) is 0 Å². The second-order valence-electron chi connectivity index (χ2n) is 10.5. The van der Waals surface area contributed by atoms with Gasteiger partial charge in [0.25, 0.3) is 0 Å². The van der Waals surface area contributed by atoms with Crippen LogP contribution in [-0.4, -0.2) is 19.9 Å². The number of aromatic nitrogens is 4. The van der Waals surface area contributed by atoms with E-state index in [9.17, 15) is 0 Å². The van der Waals surface area contributed by atoms with Gasteiger partial charge in [0, 0.05) is 11.1 Å². The maximum Gasteiger partial charge on any atom is 0.138 e. The van der Waals surface area contributed by atoms with Gasteiger partial charge in [-0.25, -0.2) is 9.97 Å². The summed E-state index contributed by atoms with van der Waals surface area (Å²) in [6.45, 7) is 0. The average Bonchev–Trinajstić information content (AvgIpc) is 3.70. The van der Waals surface area contributed by atoms with E-state index in [1.165, 1.54) is 0 Å². The summed E-state index contributed by atoms with van der Waals surface area (Å²) in [5, 5.41) is 0. The SMILES string of the molecule is c1ccc(Oc2ccc(-c3nc4cc(-c5ccc6[nH]c(-c7ccc(Oc8ccccc8)cc7)nc6c5)ccc4[nH]3)cc2)cc1. The Labute approximate surface area is 253 Å². The number of imidazole rings is 2. The predicted molar refractivity (Wildman–Crippen MR) is 175 cm³/mol. The van der Waals surface area contributed by atoms with Crippen molar-refractivity contribution in [2.75, 3.05) is 0 Å². The molecule has 0 fully saturated rings. The number of nitrogens with one attached hydrogen (secondary N) is 2. The molecule has 2 aromatic heterocycles. The fourth-order valence-corrected chi connectivity index (χ4v) is 5.26. The van der Waals surface area contributed by atoms with Crippen LogP contribution in [0.5, 0.6) is 23.0 Å². The van der Waals surface area contributed by atoms with Gasteiger partial charge in [0.15, 0.2) is 0 Å². The van der Waals surface area contributed by atoms with E-state index >= 15 is 0 Å². The van der Waals surface area contributed by atoms with Crippen molar-refractivity contribution in [2.24, 2.45) is 0 Å². The lowest BCUT2D eigenvalue weighted by Crippen LogP contribution is -1.85. The first-order valence-electron chi connectivity index (χ1n) is 14.4. The van der Waals surface area contributed by atoms with Gasteiger partial charge in [-0.1, -0.05) is 48.5 Å². The van der Waals surface area contributed by atoms with E-state index in [1.54, 1.807) is 0 Å². The lowest BCUT2D eigenvalue weighted by Gasteiger charge is -2.05. The smallest absolute Gasteiger partial charge is 0.138 e. The second kappa shape index (κ2) is 10.9. The minimum Gasteiger partial charge on any atom is -0.457 e. The summed E-state index contributed by atoms with van der Waals surface area (Å²) in [7, 11) is 0. The summed E-state index contributed by atoms with van der Waals surface area (Å²) in [4.78, 5) is 16.7. The van der Waals surface area contributed by atoms with Gasteiger partial charge in [-0.2, -0.15) is 0 Å². The Morgan fingerprint density at radius 2 is 0.727 bits per heavy atom. The van der Waals surface area contributed by atoms with Crippen molar-refractivity contribution in [1.29, 1.82) is 0 Å². The van der Waals surface area contributed by atoms with Crippen molar-refractivity contribution in [3.63, 3.8) is 0 Å². The molecule has 2 heterocycles. The number of nitrogens with zero attached hydrogens (tertiary/aromatic N) is 2. The molecule has 6 nitrogen and oxygen atoms in total. The van der Waals surface area contributed by atoms with E-state index in [1.807, 2.05) is 109 Å². The summed E-state index contributed by atoms with van der Waals surface area (Å²) in [6, 6.07) is 48.0. The van der Waals surface area contributed by atoms with Crippen molar-refractivity contribution in [3.8, 4) is 56.9 Å². The van der Waals surface area contributed by atoms with Crippen LogP contribution in [-0.2, 0) is 0 Å². The lowest BCUT2D eigenvalue weighted by atomic mass is 10.0. The number of fused-ring (bicyclic) bond motifs is 2. The minimum absolute atomic E-state index is 0.782. The van der Waals surface area contributed by atoms with Crippen LogP contribution in [0.3, 0.4) is 0 Å². The molecule has 0 aliphatic carbocycles. The largest absolute Gasteiger partial charge is 0.457 e. The third-order valence-corrected chi connectivity index (χ3v) is 7.51. The third-order valence-electron chi connectivity index (χ3n) is 7.51. The normalized spacial score (nSPS) is 11.2. The van der Waals surface area contributed by atoms with Gasteiger partial charge < -0.3 is 19.4 Å². The topological polar surface area (TPSA) is 75.8 Å². The summed E-state index contributed by atoms with van der Waals surface area (Å²) in [5.74, 6) is 4.81. The second-order valence-corrected chi connectivity index (χ2v) is 10.5. The Kier molecular flexibility index (Phi) is 6.35. The molecular weight excluding hydrogens is 544 g/mol. The van der Waals surface area contributed by atoms with Crippen molar-refractivity contribution < 1.29 is 9.47 Å². The maximum absolute atomic E-state index is 5.93. The van der Waals surface area contributed by atoms with Crippen LogP contribution in [0.2, 0.25) is 0 Å². The molecule has 0 saturated carbocycles. The van der Waals surface area contributed by atoms with E-state index in [0.29, 0.717) is 0 Å². The third kappa shape index (κ3) is 5.16. The highest BCUT2D eigenvalue weighted by molar-refractivity contribution is 5.88. The molecule has 2 N–H and O–H groups in total. The van der Waals surface area contributed by atoms with Crippen LogP contribution in [0.25, 0.3) is 56.0 Å². The van der Waals surface area contributed by atoms with Crippen LogP contribution >= 0.6 is 0 Å². The van der Waals surface area contributed by atoms with Crippen molar-refractivity contribution >= 4 is 22.1 Å². The van der Waals surface area contributed by atoms with Crippen molar-refractivity contribution in [3.05, 3.63) is 146 Å². The molecule has 8 rings (SSSR count). The molecule has 0 spiro atoms. The van der Waals surface area contributed by atoms with Gasteiger partial charge in [-0.3, -0.25) is 0 Å². The van der Waals surface area contributed by atoms with Crippen LogP contribution in [0, 0.1) is 0 Å². The van der Waals surface area contributed by atoms with E-state index in [2.05, 4.69) is 46.4 Å². The fraction of sp³-hybridized carbons (Fsp3) is 0. The highest BCUT2D eigenvalue weighted by Gasteiger charge is 2.11. The van der Waals surface area contributed by atoms with E-state index in [-0.39, 0.29) is 0 Å². The van der Waals surface area contributed by atoms with Crippen molar-refractivity contribution in [2.45, 2.75) is 0 Å². The first-order chi connectivity index (χ1) is 21.7. The van der Waals surface area contributed by atoms with Crippen LogP contribution < -0.4 is 9.47 Å². The average molecular weight is 571 g/mol. The number of benzene rings is 6. The van der Waals surface area contributed by atoms with Gasteiger partial charge in [0.1, 0.15) is 34.6 Å². The first kappa shape index (κ1) is 25.6. The lowest BCUT2D eigenvalue weighted by molar-refractivity contribution is 0.482. The molecule has 0 amide bonds. The molecule has 0 atom stereocenters.